The summed E-state index contributed by atoms with van der Waals surface area (Å²) in [6.07, 6.45) is 7.18. The maximum Gasteiger partial charge on any atom is 0.321 e. The van der Waals surface area contributed by atoms with Crippen molar-refractivity contribution < 1.29 is 9.59 Å². The van der Waals surface area contributed by atoms with Crippen molar-refractivity contribution in [1.82, 2.24) is 16.0 Å². The van der Waals surface area contributed by atoms with E-state index < -0.39 is 6.04 Å². The molecule has 0 aliphatic heterocycles. The van der Waals surface area contributed by atoms with E-state index in [1.54, 1.807) is 6.92 Å². The Morgan fingerprint density at radius 2 is 1.68 bits per heavy atom. The Balaban J connectivity index is 1.30. The normalized spacial score (nSPS) is 32.6. The molecule has 3 N–H and O–H groups in total. The molecule has 5 nitrogen and oxygen atoms in total. The van der Waals surface area contributed by atoms with E-state index in [2.05, 4.69) is 16.0 Å². The van der Waals surface area contributed by atoms with E-state index in [0.717, 1.165) is 42.6 Å². The molecule has 4 fully saturated rings. The van der Waals surface area contributed by atoms with Gasteiger partial charge < -0.3 is 5.32 Å². The third-order valence-electron chi connectivity index (χ3n) is 6.90. The highest BCUT2D eigenvalue weighted by Crippen LogP contribution is 2.55. The van der Waals surface area contributed by atoms with Crippen LogP contribution in [0.4, 0.5) is 4.79 Å². The minimum Gasteiger partial charge on any atom is -0.332 e. The molecule has 1 aromatic rings. The highest BCUT2D eigenvalue weighted by molar-refractivity contribution is 6.30. The minimum atomic E-state index is -0.490. The van der Waals surface area contributed by atoms with E-state index >= 15 is 0 Å². The SMILES string of the molecule is C[C@@H](N[C@H](C)c1cccc(Cl)c1)C(=O)NC(=O)NC12CC3CC(CC(C3)C1)C2. The number of halogens is 1. The predicted molar refractivity (Wildman–Crippen MR) is 110 cm³/mol. The largest absolute Gasteiger partial charge is 0.332 e. The van der Waals surface area contributed by atoms with Gasteiger partial charge in [-0.1, -0.05) is 23.7 Å². The molecule has 3 amide bonds. The first kappa shape index (κ1) is 19.7. The Hall–Kier alpha value is -1.59. The highest BCUT2D eigenvalue weighted by atomic mass is 35.5. The second kappa shape index (κ2) is 7.68. The van der Waals surface area contributed by atoms with Gasteiger partial charge in [-0.3, -0.25) is 15.4 Å². The maximum absolute atomic E-state index is 12.6. The fourth-order valence-corrected chi connectivity index (χ4v) is 6.28. The number of rotatable bonds is 5. The molecule has 0 heterocycles. The Kier molecular flexibility index (Phi) is 5.41. The van der Waals surface area contributed by atoms with Gasteiger partial charge in [0.1, 0.15) is 0 Å². The summed E-state index contributed by atoms with van der Waals surface area (Å²) in [6.45, 7) is 3.75. The molecule has 6 heteroatoms. The molecule has 4 saturated carbocycles. The lowest BCUT2D eigenvalue weighted by molar-refractivity contribution is -0.121. The summed E-state index contributed by atoms with van der Waals surface area (Å²) in [4.78, 5) is 25.1. The molecule has 152 valence electrons. The summed E-state index contributed by atoms with van der Waals surface area (Å²) in [6, 6.07) is 6.66. The molecule has 0 radical (unpaired) electrons. The summed E-state index contributed by atoms with van der Waals surface area (Å²) in [5, 5.41) is 9.63. The molecule has 1 aromatic carbocycles. The fourth-order valence-electron chi connectivity index (χ4n) is 6.08. The van der Waals surface area contributed by atoms with E-state index in [9.17, 15) is 9.59 Å². The van der Waals surface area contributed by atoms with Gasteiger partial charge in [-0.25, -0.2) is 4.79 Å². The van der Waals surface area contributed by atoms with E-state index in [1.165, 1.54) is 19.3 Å². The molecule has 0 unspecified atom stereocenters. The van der Waals surface area contributed by atoms with Gasteiger partial charge in [-0.15, -0.1) is 0 Å². The minimum absolute atomic E-state index is 0.0503. The van der Waals surface area contributed by atoms with E-state index in [4.69, 9.17) is 11.6 Å². The summed E-state index contributed by atoms with van der Waals surface area (Å²) in [5.74, 6) is 1.94. The Morgan fingerprint density at radius 3 is 2.25 bits per heavy atom. The number of carbonyl (C=O) groups excluding carboxylic acids is 2. The van der Waals surface area contributed by atoms with Gasteiger partial charge in [-0.2, -0.15) is 0 Å². The lowest BCUT2D eigenvalue weighted by Crippen LogP contribution is -2.62. The van der Waals surface area contributed by atoms with Crippen molar-refractivity contribution in [3.8, 4) is 0 Å². The number of hydrogen-bond donors (Lipinski definition) is 3. The number of hydrogen-bond acceptors (Lipinski definition) is 3. The average molecular weight is 404 g/mol. The first-order chi connectivity index (χ1) is 13.3. The van der Waals surface area contributed by atoms with E-state index in [-0.39, 0.29) is 23.5 Å². The smallest absolute Gasteiger partial charge is 0.321 e. The fraction of sp³-hybridized carbons (Fsp3) is 0.636. The standard InChI is InChI=1S/C22H30ClN3O2/c1-13(18-4-3-5-19(23)9-18)24-14(2)20(27)25-21(28)26-22-10-15-6-16(11-22)8-17(7-15)12-22/h3-5,9,13-17,24H,6-8,10-12H2,1-2H3,(H2,25,26,27,28)/t13-,14-,15?,16?,17?,22?/m1/s1. The second-order valence-electron chi connectivity index (χ2n) is 9.31. The van der Waals surface area contributed by atoms with Crippen molar-refractivity contribution in [2.75, 3.05) is 0 Å². The lowest BCUT2D eigenvalue weighted by Gasteiger charge is -2.56. The summed E-state index contributed by atoms with van der Waals surface area (Å²) in [5.41, 5.74) is 0.911. The third-order valence-corrected chi connectivity index (χ3v) is 7.13. The van der Waals surface area contributed by atoms with Crippen LogP contribution in [0, 0.1) is 17.8 Å². The topological polar surface area (TPSA) is 70.2 Å². The van der Waals surface area contributed by atoms with Crippen LogP contribution in [0.2, 0.25) is 5.02 Å². The van der Waals surface area contributed by atoms with Crippen molar-refractivity contribution in [2.45, 2.75) is 70.0 Å². The zero-order valence-electron chi connectivity index (χ0n) is 16.6. The van der Waals surface area contributed by atoms with Gasteiger partial charge >= 0.3 is 6.03 Å². The molecule has 0 aromatic heterocycles. The van der Waals surface area contributed by atoms with Crippen LogP contribution >= 0.6 is 11.6 Å². The van der Waals surface area contributed by atoms with Gasteiger partial charge in [-0.05, 0) is 87.8 Å². The van der Waals surface area contributed by atoms with Gasteiger partial charge in [0, 0.05) is 16.6 Å². The second-order valence-corrected chi connectivity index (χ2v) is 9.74. The number of nitrogens with one attached hydrogen (secondary N) is 3. The molecule has 0 saturated heterocycles. The Bertz CT molecular complexity index is 731. The summed E-state index contributed by atoms with van der Waals surface area (Å²) >= 11 is 6.04. The van der Waals surface area contributed by atoms with Crippen molar-refractivity contribution in [3.63, 3.8) is 0 Å². The van der Waals surface area contributed by atoms with Crippen molar-refractivity contribution in [2.24, 2.45) is 17.8 Å². The van der Waals surface area contributed by atoms with Crippen LogP contribution in [-0.2, 0) is 4.79 Å². The predicted octanol–water partition coefficient (Wildman–Crippen LogP) is 4.17. The first-order valence-corrected chi connectivity index (χ1v) is 10.8. The zero-order valence-corrected chi connectivity index (χ0v) is 17.4. The van der Waals surface area contributed by atoms with Gasteiger partial charge in [0.05, 0.1) is 6.04 Å². The average Bonchev–Trinajstić information content (AvgIpc) is 2.59. The molecule has 2 atom stereocenters. The van der Waals surface area contributed by atoms with Crippen LogP contribution in [0.15, 0.2) is 24.3 Å². The third kappa shape index (κ3) is 4.20. The molecular weight excluding hydrogens is 374 g/mol. The molecule has 4 bridgehead atoms. The van der Waals surface area contributed by atoms with E-state index in [1.807, 2.05) is 31.2 Å². The maximum atomic E-state index is 12.6. The van der Waals surface area contributed by atoms with Crippen LogP contribution < -0.4 is 16.0 Å². The van der Waals surface area contributed by atoms with Gasteiger partial charge in [0.15, 0.2) is 0 Å². The summed E-state index contributed by atoms with van der Waals surface area (Å²) < 4.78 is 0. The molecule has 4 aliphatic rings. The number of urea groups is 1. The highest BCUT2D eigenvalue weighted by Gasteiger charge is 2.51. The summed E-state index contributed by atoms with van der Waals surface area (Å²) in [7, 11) is 0. The van der Waals surface area contributed by atoms with Crippen LogP contribution in [0.1, 0.15) is 64.0 Å². The molecular formula is C22H30ClN3O2. The number of amides is 3. The van der Waals surface area contributed by atoms with Gasteiger partial charge in [0.25, 0.3) is 0 Å². The van der Waals surface area contributed by atoms with Crippen LogP contribution in [0.3, 0.4) is 0 Å². The van der Waals surface area contributed by atoms with E-state index in [0.29, 0.717) is 5.02 Å². The number of carbonyl (C=O) groups is 2. The quantitative estimate of drug-likeness (QED) is 0.690. The van der Waals surface area contributed by atoms with Crippen LogP contribution in [-0.4, -0.2) is 23.5 Å². The molecule has 5 rings (SSSR count). The number of benzene rings is 1. The van der Waals surface area contributed by atoms with Crippen LogP contribution in [0.25, 0.3) is 0 Å². The Labute approximate surface area is 172 Å². The molecule has 0 spiro atoms. The molecule has 28 heavy (non-hydrogen) atoms. The first-order valence-electron chi connectivity index (χ1n) is 10.5. The van der Waals surface area contributed by atoms with Crippen molar-refractivity contribution in [1.29, 1.82) is 0 Å². The van der Waals surface area contributed by atoms with Crippen molar-refractivity contribution >= 4 is 23.5 Å². The van der Waals surface area contributed by atoms with Gasteiger partial charge in [0.2, 0.25) is 5.91 Å². The lowest BCUT2D eigenvalue weighted by atomic mass is 9.53. The monoisotopic (exact) mass is 403 g/mol. The molecule has 4 aliphatic carbocycles. The van der Waals surface area contributed by atoms with Crippen LogP contribution in [0.5, 0.6) is 0 Å². The zero-order chi connectivity index (χ0) is 19.9. The number of imide groups is 1. The Morgan fingerprint density at radius 1 is 1.07 bits per heavy atom. The van der Waals surface area contributed by atoms with Crippen molar-refractivity contribution in [3.05, 3.63) is 34.9 Å².